The number of phenols is 1. The molecule has 0 unspecified atom stereocenters. The summed E-state index contributed by atoms with van der Waals surface area (Å²) < 4.78 is 7.88. The molecule has 0 atom stereocenters. The molecule has 0 spiro atoms. The Morgan fingerprint density at radius 1 is 0.576 bits per heavy atom. The predicted molar refractivity (Wildman–Crippen MR) is 146 cm³/mol. The van der Waals surface area contributed by atoms with Crippen molar-refractivity contribution in [2.24, 2.45) is 0 Å². The molecule has 0 heterocycles. The van der Waals surface area contributed by atoms with E-state index >= 15 is 0 Å². The van der Waals surface area contributed by atoms with Crippen molar-refractivity contribution in [3.63, 3.8) is 0 Å². The Labute approximate surface area is 213 Å². The third-order valence-corrected chi connectivity index (χ3v) is 6.15. The van der Waals surface area contributed by atoms with Gasteiger partial charge in [0.05, 0.1) is 6.61 Å². The van der Waals surface area contributed by atoms with Gasteiger partial charge in [0.15, 0.2) is 0 Å². The Bertz CT molecular complexity index is 1040. The van der Waals surface area contributed by atoms with E-state index in [-0.39, 0.29) is 0 Å². The van der Waals surface area contributed by atoms with Crippen LogP contribution in [0.25, 0.3) is 22.3 Å². The number of halogens is 2. The van der Waals surface area contributed by atoms with Gasteiger partial charge in [-0.15, -0.1) is 0 Å². The van der Waals surface area contributed by atoms with Crippen molar-refractivity contribution in [3.8, 4) is 33.8 Å². The minimum Gasteiger partial charge on any atom is -0.508 e. The summed E-state index contributed by atoms with van der Waals surface area (Å²) in [5.41, 5.74) is 4.69. The lowest BCUT2D eigenvalue weighted by molar-refractivity contribution is 0.306. The molecule has 0 aliphatic heterocycles. The van der Waals surface area contributed by atoms with Crippen molar-refractivity contribution in [1.29, 1.82) is 0 Å². The zero-order valence-corrected chi connectivity index (χ0v) is 21.8. The fourth-order valence-corrected chi connectivity index (χ4v) is 3.75. The van der Waals surface area contributed by atoms with Crippen molar-refractivity contribution in [2.75, 3.05) is 6.61 Å². The number of phenolic OH excluding ortho intramolecular Hbond substituents is 1. The quantitative estimate of drug-likeness (QED) is 0.225. The van der Waals surface area contributed by atoms with Gasteiger partial charge >= 0.3 is 0 Å². The molecule has 2 nitrogen and oxygen atoms in total. The summed E-state index contributed by atoms with van der Waals surface area (Å²) in [7, 11) is 0. The second kappa shape index (κ2) is 13.2. The first-order valence-corrected chi connectivity index (χ1v) is 12.7. The van der Waals surface area contributed by atoms with E-state index in [0.717, 1.165) is 38.8 Å². The van der Waals surface area contributed by atoms with Crippen LogP contribution >= 0.6 is 31.9 Å². The number of benzene rings is 4. The van der Waals surface area contributed by atoms with E-state index < -0.39 is 0 Å². The van der Waals surface area contributed by atoms with Crippen LogP contribution in [0, 0.1) is 0 Å². The van der Waals surface area contributed by atoms with Gasteiger partial charge in [-0.2, -0.15) is 0 Å². The van der Waals surface area contributed by atoms with Crippen LogP contribution in [0.2, 0.25) is 0 Å². The van der Waals surface area contributed by atoms with Gasteiger partial charge < -0.3 is 9.84 Å². The van der Waals surface area contributed by atoms with E-state index in [1.165, 1.54) is 24.0 Å². The number of ether oxygens (including phenoxy) is 1. The highest BCUT2D eigenvalue weighted by Gasteiger charge is 1.99. The molecule has 0 radical (unpaired) electrons. The molecule has 0 aromatic heterocycles. The highest BCUT2D eigenvalue weighted by Crippen LogP contribution is 2.25. The molecule has 0 saturated heterocycles. The van der Waals surface area contributed by atoms with Gasteiger partial charge in [0, 0.05) is 8.95 Å². The monoisotopic (exact) mass is 566 g/mol. The molecule has 33 heavy (non-hydrogen) atoms. The van der Waals surface area contributed by atoms with E-state index in [0.29, 0.717) is 5.75 Å². The van der Waals surface area contributed by atoms with Crippen molar-refractivity contribution < 1.29 is 9.84 Å². The Morgan fingerprint density at radius 2 is 0.970 bits per heavy atom. The largest absolute Gasteiger partial charge is 0.508 e. The maximum atomic E-state index is 9.14. The molecule has 170 valence electrons. The molecule has 1 N–H and O–H groups in total. The smallest absolute Gasteiger partial charge is 0.119 e. The maximum absolute atomic E-state index is 9.14. The molecule has 0 amide bonds. The average Bonchev–Trinajstić information content (AvgIpc) is 2.84. The molecular formula is C29H28Br2O2. The SMILES string of the molecule is CCCCCOc1ccc(-c2ccc(Br)cc2)cc1.Oc1ccc(-c2ccc(Br)cc2)cc1. The van der Waals surface area contributed by atoms with Gasteiger partial charge in [0.25, 0.3) is 0 Å². The highest BCUT2D eigenvalue weighted by atomic mass is 79.9. The number of hydrogen-bond acceptors (Lipinski definition) is 2. The maximum Gasteiger partial charge on any atom is 0.119 e. The van der Waals surface area contributed by atoms with Gasteiger partial charge in [0.2, 0.25) is 0 Å². The van der Waals surface area contributed by atoms with Gasteiger partial charge in [-0.25, -0.2) is 0 Å². The summed E-state index contributed by atoms with van der Waals surface area (Å²) in [6.45, 7) is 3.01. The fourth-order valence-electron chi connectivity index (χ4n) is 3.22. The topological polar surface area (TPSA) is 29.5 Å². The molecule has 0 saturated carbocycles. The number of unbranched alkanes of at least 4 members (excludes halogenated alkanes) is 2. The third-order valence-electron chi connectivity index (χ3n) is 5.09. The summed E-state index contributed by atoms with van der Waals surface area (Å²) in [5, 5.41) is 9.14. The van der Waals surface area contributed by atoms with Crippen molar-refractivity contribution in [3.05, 3.63) is 106 Å². The highest BCUT2D eigenvalue weighted by molar-refractivity contribution is 9.10. The van der Waals surface area contributed by atoms with E-state index in [1.54, 1.807) is 12.1 Å². The molecule has 4 rings (SSSR count). The Balaban J connectivity index is 0.000000194. The normalized spacial score (nSPS) is 10.3. The second-order valence-corrected chi connectivity index (χ2v) is 9.47. The van der Waals surface area contributed by atoms with Gasteiger partial charge in [-0.05, 0) is 77.2 Å². The molecule has 0 aliphatic carbocycles. The lowest BCUT2D eigenvalue weighted by Crippen LogP contribution is -1.96. The van der Waals surface area contributed by atoms with Crippen LogP contribution in [0.3, 0.4) is 0 Å². The molecule has 0 fully saturated rings. The van der Waals surface area contributed by atoms with Crippen LogP contribution in [0.15, 0.2) is 106 Å². The summed E-state index contributed by atoms with van der Waals surface area (Å²) in [5.74, 6) is 1.25. The van der Waals surface area contributed by atoms with E-state index in [2.05, 4.69) is 75.2 Å². The number of rotatable bonds is 7. The van der Waals surface area contributed by atoms with E-state index in [9.17, 15) is 0 Å². The van der Waals surface area contributed by atoms with Crippen LogP contribution in [0.4, 0.5) is 0 Å². The summed E-state index contributed by atoms with van der Waals surface area (Å²) in [4.78, 5) is 0. The van der Waals surface area contributed by atoms with Crippen molar-refractivity contribution in [1.82, 2.24) is 0 Å². The predicted octanol–water partition coefficient (Wildman–Crippen LogP) is 9.51. The van der Waals surface area contributed by atoms with Gasteiger partial charge in [-0.1, -0.05) is 100 Å². The van der Waals surface area contributed by atoms with Crippen LogP contribution < -0.4 is 4.74 Å². The second-order valence-electron chi connectivity index (χ2n) is 7.64. The fraction of sp³-hybridized carbons (Fsp3) is 0.172. The summed E-state index contributed by atoms with van der Waals surface area (Å²) in [6.07, 6.45) is 3.59. The zero-order valence-electron chi connectivity index (χ0n) is 18.7. The first kappa shape index (κ1) is 25.1. The number of hydrogen-bond donors (Lipinski definition) is 1. The van der Waals surface area contributed by atoms with Crippen molar-refractivity contribution >= 4 is 31.9 Å². The zero-order chi connectivity index (χ0) is 23.5. The van der Waals surface area contributed by atoms with Gasteiger partial charge in [0.1, 0.15) is 11.5 Å². The van der Waals surface area contributed by atoms with Crippen LogP contribution in [-0.2, 0) is 0 Å². The van der Waals surface area contributed by atoms with Crippen molar-refractivity contribution in [2.45, 2.75) is 26.2 Å². The first-order chi connectivity index (χ1) is 16.0. The minimum absolute atomic E-state index is 0.297. The van der Waals surface area contributed by atoms with Crippen LogP contribution in [0.1, 0.15) is 26.2 Å². The summed E-state index contributed by atoms with van der Waals surface area (Å²) >= 11 is 6.84. The van der Waals surface area contributed by atoms with E-state index in [1.807, 2.05) is 48.5 Å². The Morgan fingerprint density at radius 3 is 1.39 bits per heavy atom. The Hall–Kier alpha value is -2.56. The lowest BCUT2D eigenvalue weighted by atomic mass is 10.1. The standard InChI is InChI=1S/C17H19BrO.C12H9BrO/c1-2-3-4-13-19-17-11-7-15(8-12-17)14-5-9-16(18)10-6-14;13-11-5-1-9(2-6-11)10-3-7-12(14)8-4-10/h5-12H,2-4,13H2,1H3;1-8,14H. The van der Waals surface area contributed by atoms with E-state index in [4.69, 9.17) is 9.84 Å². The molecule has 0 bridgehead atoms. The van der Waals surface area contributed by atoms with Crippen LogP contribution in [-0.4, -0.2) is 11.7 Å². The lowest BCUT2D eigenvalue weighted by Gasteiger charge is -2.07. The molecular weight excluding hydrogens is 540 g/mol. The van der Waals surface area contributed by atoms with Crippen LogP contribution in [0.5, 0.6) is 11.5 Å². The third kappa shape index (κ3) is 8.38. The average molecular weight is 568 g/mol. The minimum atomic E-state index is 0.297. The Kier molecular flexibility index (Phi) is 10.0. The molecule has 4 aromatic carbocycles. The first-order valence-electron chi connectivity index (χ1n) is 11.1. The molecule has 4 heteroatoms. The molecule has 4 aromatic rings. The number of aromatic hydroxyl groups is 1. The summed E-state index contributed by atoms with van der Waals surface area (Å²) in [6, 6.07) is 31.9. The molecule has 0 aliphatic rings. The van der Waals surface area contributed by atoms with Gasteiger partial charge in [-0.3, -0.25) is 0 Å².